The zero-order valence-electron chi connectivity index (χ0n) is 13.7. The minimum Gasteiger partial charge on any atom is -0.504 e. The summed E-state index contributed by atoms with van der Waals surface area (Å²) in [7, 11) is 1.44. The minimum atomic E-state index is -0.791. The number of phenolic OH excluding ortho intramolecular Hbond substituents is 1. The van der Waals surface area contributed by atoms with Crippen LogP contribution in [0.3, 0.4) is 0 Å². The van der Waals surface area contributed by atoms with Gasteiger partial charge in [-0.25, -0.2) is 5.43 Å². The highest BCUT2D eigenvalue weighted by atomic mass is 16.5. The number of carbonyl (C=O) groups is 2. The van der Waals surface area contributed by atoms with Crippen LogP contribution in [0.5, 0.6) is 11.5 Å². The first-order valence-electron chi connectivity index (χ1n) is 8.11. The van der Waals surface area contributed by atoms with Crippen LogP contribution < -0.4 is 15.5 Å². The molecule has 0 saturated heterocycles. The number of ether oxygens (including phenoxy) is 1. The Morgan fingerprint density at radius 2 is 1.92 bits per heavy atom. The topological polar surface area (TPSA) is 100 Å². The van der Waals surface area contributed by atoms with Gasteiger partial charge < -0.3 is 15.2 Å². The van der Waals surface area contributed by atoms with Gasteiger partial charge in [-0.2, -0.15) is 5.10 Å². The zero-order valence-corrected chi connectivity index (χ0v) is 13.7. The van der Waals surface area contributed by atoms with Gasteiger partial charge >= 0.3 is 11.8 Å². The van der Waals surface area contributed by atoms with Crippen molar-refractivity contribution < 1.29 is 19.4 Å². The summed E-state index contributed by atoms with van der Waals surface area (Å²) in [5.74, 6) is -1.14. The van der Waals surface area contributed by atoms with Crippen LogP contribution in [0.2, 0.25) is 0 Å². The summed E-state index contributed by atoms with van der Waals surface area (Å²) in [6.45, 7) is 0. The maximum Gasteiger partial charge on any atom is 0.329 e. The second kappa shape index (κ2) is 8.90. The second-order valence-electron chi connectivity index (χ2n) is 5.79. The number of hydrogen-bond donors (Lipinski definition) is 3. The number of carbonyl (C=O) groups excluding carboxylic acids is 2. The quantitative estimate of drug-likeness (QED) is 0.338. The molecule has 0 atom stereocenters. The Bertz CT molecular complexity index is 608. The van der Waals surface area contributed by atoms with Gasteiger partial charge in [0.05, 0.1) is 13.3 Å². The van der Waals surface area contributed by atoms with Crippen molar-refractivity contribution in [2.45, 2.75) is 44.6 Å². The molecule has 0 aromatic heterocycles. The van der Waals surface area contributed by atoms with Crippen molar-refractivity contribution >= 4 is 18.0 Å². The molecular weight excluding hydrogens is 310 g/mol. The fourth-order valence-corrected chi connectivity index (χ4v) is 2.67. The van der Waals surface area contributed by atoms with E-state index in [-0.39, 0.29) is 11.8 Å². The lowest BCUT2D eigenvalue weighted by Gasteiger charge is -2.14. The van der Waals surface area contributed by atoms with Crippen LogP contribution in [-0.4, -0.2) is 36.3 Å². The van der Waals surface area contributed by atoms with Crippen molar-refractivity contribution in [1.29, 1.82) is 0 Å². The fraction of sp³-hybridized carbons (Fsp3) is 0.471. The Hall–Kier alpha value is -2.57. The molecule has 7 nitrogen and oxygen atoms in total. The number of amides is 2. The van der Waals surface area contributed by atoms with Crippen molar-refractivity contribution in [2.75, 3.05) is 7.11 Å². The van der Waals surface area contributed by atoms with Crippen molar-refractivity contribution in [2.24, 2.45) is 5.10 Å². The Labute approximate surface area is 141 Å². The Balaban J connectivity index is 1.84. The number of methoxy groups -OCH3 is 1. The summed E-state index contributed by atoms with van der Waals surface area (Å²) in [6.07, 6.45) is 7.71. The lowest BCUT2D eigenvalue weighted by Crippen LogP contribution is -2.43. The van der Waals surface area contributed by atoms with Crippen LogP contribution in [0, 0.1) is 0 Å². The number of phenols is 1. The molecule has 7 heteroatoms. The smallest absolute Gasteiger partial charge is 0.329 e. The van der Waals surface area contributed by atoms with E-state index in [1.54, 1.807) is 12.1 Å². The van der Waals surface area contributed by atoms with Gasteiger partial charge in [0.1, 0.15) is 0 Å². The van der Waals surface area contributed by atoms with E-state index in [2.05, 4.69) is 15.8 Å². The fourth-order valence-electron chi connectivity index (χ4n) is 2.67. The van der Waals surface area contributed by atoms with Gasteiger partial charge in [-0.3, -0.25) is 9.59 Å². The summed E-state index contributed by atoms with van der Waals surface area (Å²) in [5, 5.41) is 16.0. The van der Waals surface area contributed by atoms with E-state index in [9.17, 15) is 14.7 Å². The zero-order chi connectivity index (χ0) is 17.4. The highest BCUT2D eigenvalue weighted by Gasteiger charge is 2.19. The molecule has 0 radical (unpaired) electrons. The third-order valence-electron chi connectivity index (χ3n) is 3.98. The van der Waals surface area contributed by atoms with Crippen molar-refractivity contribution in [3.63, 3.8) is 0 Å². The molecule has 0 aliphatic heterocycles. The van der Waals surface area contributed by atoms with Crippen molar-refractivity contribution in [3.05, 3.63) is 23.8 Å². The van der Waals surface area contributed by atoms with E-state index < -0.39 is 11.8 Å². The lowest BCUT2D eigenvalue weighted by molar-refractivity contribution is -0.139. The SMILES string of the molecule is COc1cc(C=NNC(=O)C(=O)NC2CCCCCC2)ccc1O. The molecule has 24 heavy (non-hydrogen) atoms. The first kappa shape index (κ1) is 17.8. The average Bonchev–Trinajstić information content (AvgIpc) is 2.84. The Morgan fingerprint density at radius 3 is 2.58 bits per heavy atom. The molecule has 0 heterocycles. The molecule has 0 unspecified atom stereocenters. The highest BCUT2D eigenvalue weighted by molar-refractivity contribution is 6.35. The summed E-state index contributed by atoms with van der Waals surface area (Å²) >= 11 is 0. The standard InChI is InChI=1S/C17H23N3O4/c1-24-15-10-12(8-9-14(15)21)11-18-20-17(23)16(22)19-13-6-4-2-3-5-7-13/h8-11,13,21H,2-7H2,1H3,(H,19,22)(H,20,23). The number of nitrogens with zero attached hydrogens (tertiary/aromatic N) is 1. The second-order valence-corrected chi connectivity index (χ2v) is 5.79. The lowest BCUT2D eigenvalue weighted by atomic mass is 10.1. The monoisotopic (exact) mass is 333 g/mol. The van der Waals surface area contributed by atoms with Crippen molar-refractivity contribution in [3.8, 4) is 11.5 Å². The minimum absolute atomic E-state index is 0.0152. The van der Waals surface area contributed by atoms with E-state index in [4.69, 9.17) is 4.74 Å². The predicted molar refractivity (Wildman–Crippen MR) is 90.0 cm³/mol. The maximum atomic E-state index is 11.9. The third kappa shape index (κ3) is 5.26. The largest absolute Gasteiger partial charge is 0.504 e. The van der Waals surface area contributed by atoms with Crippen LogP contribution in [0.25, 0.3) is 0 Å². The molecule has 2 rings (SSSR count). The summed E-state index contributed by atoms with van der Waals surface area (Å²) in [6, 6.07) is 4.70. The average molecular weight is 333 g/mol. The van der Waals surface area contributed by atoms with E-state index in [1.165, 1.54) is 32.2 Å². The summed E-state index contributed by atoms with van der Waals surface area (Å²) in [4.78, 5) is 23.6. The molecule has 0 spiro atoms. The van der Waals surface area contributed by atoms with E-state index in [1.807, 2.05) is 0 Å². The molecule has 1 aromatic rings. The third-order valence-corrected chi connectivity index (χ3v) is 3.98. The number of rotatable bonds is 4. The van der Waals surface area contributed by atoms with Crippen LogP contribution in [0.15, 0.2) is 23.3 Å². The van der Waals surface area contributed by atoms with Gasteiger partial charge in [0, 0.05) is 6.04 Å². The number of nitrogens with one attached hydrogen (secondary N) is 2. The molecule has 1 fully saturated rings. The Kier molecular flexibility index (Phi) is 6.60. The molecule has 1 aliphatic rings. The first-order chi connectivity index (χ1) is 11.6. The molecule has 1 aliphatic carbocycles. The number of aromatic hydroxyl groups is 1. The Morgan fingerprint density at radius 1 is 1.21 bits per heavy atom. The van der Waals surface area contributed by atoms with Crippen LogP contribution >= 0.6 is 0 Å². The predicted octanol–water partition coefficient (Wildman–Crippen LogP) is 1.69. The number of benzene rings is 1. The van der Waals surface area contributed by atoms with E-state index in [0.717, 1.165) is 25.7 Å². The van der Waals surface area contributed by atoms with Gasteiger partial charge in [0.2, 0.25) is 0 Å². The first-order valence-corrected chi connectivity index (χ1v) is 8.11. The maximum absolute atomic E-state index is 11.9. The number of hydrogen-bond acceptors (Lipinski definition) is 5. The molecule has 1 aromatic carbocycles. The number of hydrazone groups is 1. The summed E-state index contributed by atoms with van der Waals surface area (Å²) < 4.78 is 4.98. The molecular formula is C17H23N3O4. The van der Waals surface area contributed by atoms with Crippen molar-refractivity contribution in [1.82, 2.24) is 10.7 Å². The highest BCUT2D eigenvalue weighted by Crippen LogP contribution is 2.25. The van der Waals surface area contributed by atoms with Crippen LogP contribution in [0.1, 0.15) is 44.1 Å². The molecule has 0 bridgehead atoms. The molecule has 1 saturated carbocycles. The van der Waals surface area contributed by atoms with Gasteiger partial charge in [-0.05, 0) is 36.6 Å². The van der Waals surface area contributed by atoms with Crippen LogP contribution in [0.4, 0.5) is 0 Å². The van der Waals surface area contributed by atoms with E-state index >= 15 is 0 Å². The van der Waals surface area contributed by atoms with Crippen LogP contribution in [-0.2, 0) is 9.59 Å². The van der Waals surface area contributed by atoms with Gasteiger partial charge in [0.25, 0.3) is 0 Å². The van der Waals surface area contributed by atoms with Gasteiger partial charge in [-0.15, -0.1) is 0 Å². The normalized spacial score (nSPS) is 15.7. The van der Waals surface area contributed by atoms with Gasteiger partial charge in [0.15, 0.2) is 11.5 Å². The molecule has 3 N–H and O–H groups in total. The molecule has 130 valence electrons. The molecule has 2 amide bonds. The van der Waals surface area contributed by atoms with Gasteiger partial charge in [-0.1, -0.05) is 25.7 Å². The van der Waals surface area contributed by atoms with E-state index in [0.29, 0.717) is 11.3 Å². The summed E-state index contributed by atoms with van der Waals surface area (Å²) in [5.41, 5.74) is 2.82.